The maximum absolute atomic E-state index is 9.61. The van der Waals surface area contributed by atoms with Gasteiger partial charge in [0.25, 0.3) is 0 Å². The molecule has 1 unspecified atom stereocenters. The topological polar surface area (TPSA) is 32.7 Å². The Morgan fingerprint density at radius 1 is 1.14 bits per heavy atom. The molecule has 0 rings (SSSR count). The van der Waals surface area contributed by atoms with E-state index in [1.165, 1.54) is 0 Å². The van der Waals surface area contributed by atoms with E-state index in [4.69, 9.17) is 4.74 Å². The monoisotopic (exact) mass is 203 g/mol. The van der Waals surface area contributed by atoms with Crippen molar-refractivity contribution in [2.45, 2.75) is 39.8 Å². The molecule has 0 saturated carbocycles. The van der Waals surface area contributed by atoms with Crippen LogP contribution in [0.15, 0.2) is 0 Å². The molecule has 0 heterocycles. The van der Waals surface area contributed by atoms with E-state index in [1.807, 2.05) is 0 Å². The SMILES string of the molecule is COCC(O)CN(CC(C)C)C(C)C. The number of hydrogen-bond acceptors (Lipinski definition) is 3. The van der Waals surface area contributed by atoms with E-state index < -0.39 is 0 Å². The van der Waals surface area contributed by atoms with Gasteiger partial charge in [0, 0.05) is 26.2 Å². The fraction of sp³-hybridized carbons (Fsp3) is 1.00. The molecule has 0 aromatic rings. The summed E-state index contributed by atoms with van der Waals surface area (Å²) in [6.45, 7) is 10.8. The number of aliphatic hydroxyl groups is 1. The van der Waals surface area contributed by atoms with Gasteiger partial charge in [0.1, 0.15) is 0 Å². The highest BCUT2D eigenvalue weighted by atomic mass is 16.5. The van der Waals surface area contributed by atoms with Gasteiger partial charge >= 0.3 is 0 Å². The molecule has 3 nitrogen and oxygen atoms in total. The van der Waals surface area contributed by atoms with E-state index >= 15 is 0 Å². The van der Waals surface area contributed by atoms with E-state index in [2.05, 4.69) is 32.6 Å². The third-order valence-electron chi connectivity index (χ3n) is 2.13. The predicted molar refractivity (Wildman–Crippen MR) is 59.4 cm³/mol. The highest BCUT2D eigenvalue weighted by Crippen LogP contribution is 2.05. The van der Waals surface area contributed by atoms with Crippen molar-refractivity contribution in [3.05, 3.63) is 0 Å². The molecule has 0 radical (unpaired) electrons. The van der Waals surface area contributed by atoms with Crippen LogP contribution in [0.5, 0.6) is 0 Å². The molecule has 0 aromatic heterocycles. The van der Waals surface area contributed by atoms with E-state index in [9.17, 15) is 5.11 Å². The molecule has 86 valence electrons. The molecule has 3 heteroatoms. The second-order valence-electron chi connectivity index (χ2n) is 4.55. The van der Waals surface area contributed by atoms with Gasteiger partial charge < -0.3 is 9.84 Å². The van der Waals surface area contributed by atoms with Crippen LogP contribution in [0.4, 0.5) is 0 Å². The normalized spacial score (nSPS) is 14.4. The first kappa shape index (κ1) is 13.9. The first-order chi connectivity index (χ1) is 6.47. The van der Waals surface area contributed by atoms with Crippen molar-refractivity contribution >= 4 is 0 Å². The molecule has 14 heavy (non-hydrogen) atoms. The van der Waals surface area contributed by atoms with Gasteiger partial charge in [-0.2, -0.15) is 0 Å². The average molecular weight is 203 g/mol. The minimum atomic E-state index is -0.374. The Morgan fingerprint density at radius 3 is 2.07 bits per heavy atom. The number of nitrogens with zero attached hydrogens (tertiary/aromatic N) is 1. The molecule has 0 aliphatic heterocycles. The van der Waals surface area contributed by atoms with Crippen LogP contribution in [0.2, 0.25) is 0 Å². The number of aliphatic hydroxyl groups excluding tert-OH is 1. The zero-order chi connectivity index (χ0) is 11.1. The largest absolute Gasteiger partial charge is 0.389 e. The zero-order valence-corrected chi connectivity index (χ0v) is 10.2. The lowest BCUT2D eigenvalue weighted by molar-refractivity contribution is 0.0272. The standard InChI is InChI=1S/C11H25NO2/c1-9(2)6-12(10(3)4)7-11(13)8-14-5/h9-11,13H,6-8H2,1-5H3. The molecular weight excluding hydrogens is 178 g/mol. The smallest absolute Gasteiger partial charge is 0.0900 e. The Hall–Kier alpha value is -0.120. The van der Waals surface area contributed by atoms with Crippen molar-refractivity contribution in [3.8, 4) is 0 Å². The number of ether oxygens (including phenoxy) is 1. The molecule has 0 fully saturated rings. The Kier molecular flexibility index (Phi) is 7.15. The third kappa shape index (κ3) is 6.35. The van der Waals surface area contributed by atoms with Crippen LogP contribution in [0, 0.1) is 5.92 Å². The fourth-order valence-electron chi connectivity index (χ4n) is 1.48. The Balaban J connectivity index is 3.95. The Morgan fingerprint density at radius 2 is 1.71 bits per heavy atom. The van der Waals surface area contributed by atoms with Crippen LogP contribution in [0.3, 0.4) is 0 Å². The van der Waals surface area contributed by atoms with Gasteiger partial charge in [-0.15, -0.1) is 0 Å². The minimum Gasteiger partial charge on any atom is -0.389 e. The van der Waals surface area contributed by atoms with Crippen LogP contribution in [0.25, 0.3) is 0 Å². The van der Waals surface area contributed by atoms with Gasteiger partial charge in [0.2, 0.25) is 0 Å². The van der Waals surface area contributed by atoms with Gasteiger partial charge in [0.15, 0.2) is 0 Å². The molecule has 1 N–H and O–H groups in total. The van der Waals surface area contributed by atoms with E-state index in [-0.39, 0.29) is 6.10 Å². The summed E-state index contributed by atoms with van der Waals surface area (Å²) < 4.78 is 4.91. The summed E-state index contributed by atoms with van der Waals surface area (Å²) in [6, 6.07) is 0.476. The van der Waals surface area contributed by atoms with Gasteiger partial charge in [-0.25, -0.2) is 0 Å². The lowest BCUT2D eigenvalue weighted by Gasteiger charge is -2.30. The first-order valence-electron chi connectivity index (χ1n) is 5.38. The second-order valence-corrected chi connectivity index (χ2v) is 4.55. The summed E-state index contributed by atoms with van der Waals surface area (Å²) in [4.78, 5) is 2.29. The maximum Gasteiger partial charge on any atom is 0.0900 e. The maximum atomic E-state index is 9.61. The highest BCUT2D eigenvalue weighted by Gasteiger charge is 2.15. The molecule has 0 aromatic carbocycles. The summed E-state index contributed by atoms with van der Waals surface area (Å²) in [6.07, 6.45) is -0.374. The van der Waals surface area contributed by atoms with Gasteiger partial charge in [-0.3, -0.25) is 4.90 Å². The van der Waals surface area contributed by atoms with Crippen molar-refractivity contribution in [1.82, 2.24) is 4.90 Å². The number of rotatable bonds is 7. The quantitative estimate of drug-likeness (QED) is 0.678. The predicted octanol–water partition coefficient (Wildman–Crippen LogP) is 1.36. The molecule has 1 atom stereocenters. The summed E-state index contributed by atoms with van der Waals surface area (Å²) in [7, 11) is 1.62. The third-order valence-corrected chi connectivity index (χ3v) is 2.13. The summed E-state index contributed by atoms with van der Waals surface area (Å²) >= 11 is 0. The lowest BCUT2D eigenvalue weighted by Crippen LogP contribution is -2.41. The van der Waals surface area contributed by atoms with E-state index in [1.54, 1.807) is 7.11 Å². The van der Waals surface area contributed by atoms with Gasteiger partial charge in [0.05, 0.1) is 12.7 Å². The second kappa shape index (κ2) is 7.21. The Bertz CT molecular complexity index is 137. The lowest BCUT2D eigenvalue weighted by atomic mass is 10.1. The fourth-order valence-corrected chi connectivity index (χ4v) is 1.48. The molecule has 0 bridgehead atoms. The van der Waals surface area contributed by atoms with Crippen LogP contribution in [-0.4, -0.2) is 49.0 Å². The van der Waals surface area contributed by atoms with Crippen molar-refractivity contribution in [2.24, 2.45) is 5.92 Å². The first-order valence-corrected chi connectivity index (χ1v) is 5.38. The molecule has 0 saturated heterocycles. The van der Waals surface area contributed by atoms with Crippen molar-refractivity contribution < 1.29 is 9.84 Å². The van der Waals surface area contributed by atoms with Gasteiger partial charge in [-0.1, -0.05) is 13.8 Å². The number of hydrogen-bond donors (Lipinski definition) is 1. The molecule has 0 spiro atoms. The number of methoxy groups -OCH3 is 1. The van der Waals surface area contributed by atoms with Crippen LogP contribution in [0.1, 0.15) is 27.7 Å². The van der Waals surface area contributed by atoms with Crippen molar-refractivity contribution in [1.29, 1.82) is 0 Å². The summed E-state index contributed by atoms with van der Waals surface area (Å²) in [5.74, 6) is 0.632. The molecule has 0 aliphatic carbocycles. The van der Waals surface area contributed by atoms with E-state index in [0.29, 0.717) is 25.1 Å². The highest BCUT2D eigenvalue weighted by molar-refractivity contribution is 4.69. The van der Waals surface area contributed by atoms with Crippen LogP contribution in [-0.2, 0) is 4.74 Å². The van der Waals surface area contributed by atoms with Gasteiger partial charge in [-0.05, 0) is 19.8 Å². The molecular formula is C11H25NO2. The van der Waals surface area contributed by atoms with Crippen molar-refractivity contribution in [2.75, 3.05) is 26.8 Å². The summed E-state index contributed by atoms with van der Waals surface area (Å²) in [5.41, 5.74) is 0. The minimum absolute atomic E-state index is 0.374. The van der Waals surface area contributed by atoms with Crippen LogP contribution < -0.4 is 0 Å². The van der Waals surface area contributed by atoms with Crippen LogP contribution >= 0.6 is 0 Å². The Labute approximate surface area is 88.1 Å². The molecule has 0 amide bonds. The molecule has 0 aliphatic rings. The summed E-state index contributed by atoms with van der Waals surface area (Å²) in [5, 5.41) is 9.61. The average Bonchev–Trinajstić information content (AvgIpc) is 2.02. The van der Waals surface area contributed by atoms with E-state index in [0.717, 1.165) is 6.54 Å². The zero-order valence-electron chi connectivity index (χ0n) is 10.2. The van der Waals surface area contributed by atoms with Crippen molar-refractivity contribution in [3.63, 3.8) is 0 Å².